The lowest BCUT2D eigenvalue weighted by Crippen LogP contribution is -2.41. The van der Waals surface area contributed by atoms with Crippen LogP contribution in [0.15, 0.2) is 18.2 Å². The van der Waals surface area contributed by atoms with Gasteiger partial charge in [0.2, 0.25) is 0 Å². The van der Waals surface area contributed by atoms with Crippen LogP contribution in [0.2, 0.25) is 0 Å². The van der Waals surface area contributed by atoms with Crippen LogP contribution in [-0.2, 0) is 15.9 Å². The van der Waals surface area contributed by atoms with E-state index in [1.54, 1.807) is 7.11 Å². The molecule has 1 aromatic carbocycles. The first-order valence-corrected chi connectivity index (χ1v) is 6.97. The maximum absolute atomic E-state index is 6.08. The van der Waals surface area contributed by atoms with Crippen LogP contribution in [0.25, 0.3) is 0 Å². The summed E-state index contributed by atoms with van der Waals surface area (Å²) in [6.45, 7) is 9.01. The molecule has 0 radical (unpaired) electrons. The topological polar surface area (TPSA) is 39.7 Å². The molecule has 6 heteroatoms. The molecule has 1 fully saturated rings. The third-order valence-electron chi connectivity index (χ3n) is 4.13. The summed E-state index contributed by atoms with van der Waals surface area (Å²) in [4.78, 5) is 0. The molecule has 1 saturated heterocycles. The normalized spacial score (nSPS) is 20.1. The van der Waals surface area contributed by atoms with Gasteiger partial charge in [0.1, 0.15) is 5.75 Å². The summed E-state index contributed by atoms with van der Waals surface area (Å²) >= 11 is 0. The van der Waals surface area contributed by atoms with Gasteiger partial charge in [-0.3, -0.25) is 0 Å². The zero-order valence-corrected chi connectivity index (χ0v) is 13.2. The first kappa shape index (κ1) is 15.4. The number of benzene rings is 1. The zero-order chi connectivity index (χ0) is 15.0. The van der Waals surface area contributed by atoms with E-state index < -0.39 is 0 Å². The van der Waals surface area contributed by atoms with Gasteiger partial charge < -0.3 is 19.3 Å². The summed E-state index contributed by atoms with van der Waals surface area (Å²) in [6.07, 6.45) is 0. The lowest BCUT2D eigenvalue weighted by molar-refractivity contribution is 0.00578. The van der Waals surface area contributed by atoms with Crippen LogP contribution in [0.4, 0.5) is 0 Å². The molecule has 1 heterocycles. The molecule has 0 bridgehead atoms. The molecule has 1 aromatic rings. The maximum atomic E-state index is 6.08. The van der Waals surface area contributed by atoms with Crippen LogP contribution in [0.3, 0.4) is 0 Å². The molecule has 20 heavy (non-hydrogen) atoms. The minimum atomic E-state index is -0.356. The van der Waals surface area contributed by atoms with Crippen LogP contribution in [-0.4, -0.2) is 33.4 Å². The van der Waals surface area contributed by atoms with E-state index in [1.807, 2.05) is 20.1 Å². The molecule has 108 valence electrons. The number of ether oxygens (including phenoxy) is 1. The molecule has 0 aromatic heterocycles. The second-order valence-corrected chi connectivity index (χ2v) is 6.23. The van der Waals surface area contributed by atoms with Crippen molar-refractivity contribution in [1.29, 1.82) is 0 Å². The van der Waals surface area contributed by atoms with Gasteiger partial charge >= 0.3 is 7.12 Å². The van der Waals surface area contributed by atoms with Gasteiger partial charge in [-0.1, -0.05) is 6.07 Å². The molecule has 1 aliphatic heterocycles. The van der Waals surface area contributed by atoms with E-state index in [1.165, 1.54) is 0 Å². The van der Waals surface area contributed by atoms with Crippen LogP contribution >= 0.6 is 0 Å². The predicted molar refractivity (Wildman–Crippen MR) is 84.1 cm³/mol. The van der Waals surface area contributed by atoms with Crippen molar-refractivity contribution in [2.24, 2.45) is 0 Å². The standard InChI is InChI=1S/C14H23B2NO3/c1-13(2)14(3,4)20-16(19-13)11-6-10(9-17-15)7-12(8-11)18-5/h6-8,17H,9,15H2,1-5H3. The minimum Gasteiger partial charge on any atom is -0.497 e. The van der Waals surface area contributed by atoms with Crippen molar-refractivity contribution in [2.75, 3.05) is 7.11 Å². The van der Waals surface area contributed by atoms with Crippen LogP contribution in [0.5, 0.6) is 5.75 Å². The fraction of sp³-hybridized carbons (Fsp3) is 0.571. The Morgan fingerprint density at radius 1 is 1.15 bits per heavy atom. The Bertz CT molecular complexity index is 475. The van der Waals surface area contributed by atoms with Gasteiger partial charge in [0.15, 0.2) is 7.98 Å². The molecular weight excluding hydrogens is 252 g/mol. The highest BCUT2D eigenvalue weighted by atomic mass is 16.7. The molecule has 0 atom stereocenters. The van der Waals surface area contributed by atoms with Crippen molar-refractivity contribution < 1.29 is 14.0 Å². The maximum Gasteiger partial charge on any atom is 0.494 e. The zero-order valence-electron chi connectivity index (χ0n) is 13.2. The molecule has 0 amide bonds. The van der Waals surface area contributed by atoms with Gasteiger partial charge in [0, 0.05) is 6.54 Å². The Hall–Kier alpha value is -0.970. The summed E-state index contributed by atoms with van der Waals surface area (Å²) < 4.78 is 17.5. The highest BCUT2D eigenvalue weighted by molar-refractivity contribution is 6.62. The molecular formula is C14H23B2NO3. The van der Waals surface area contributed by atoms with E-state index in [9.17, 15) is 0 Å². The van der Waals surface area contributed by atoms with Gasteiger partial charge in [0.05, 0.1) is 18.3 Å². The van der Waals surface area contributed by atoms with Crippen molar-refractivity contribution >= 4 is 20.6 Å². The number of rotatable bonds is 4. The summed E-state index contributed by atoms with van der Waals surface area (Å²) in [6, 6.07) is 6.09. The monoisotopic (exact) mass is 275 g/mol. The van der Waals surface area contributed by atoms with Crippen molar-refractivity contribution in [3.63, 3.8) is 0 Å². The quantitative estimate of drug-likeness (QED) is 0.818. The second kappa shape index (κ2) is 5.43. The SMILES string of the molecule is BNCc1cc(OC)cc(B2OC(C)(C)C(C)(C)O2)c1. The Kier molecular flexibility index (Phi) is 4.19. The molecule has 0 aliphatic carbocycles. The van der Waals surface area contributed by atoms with Gasteiger partial charge in [-0.15, -0.1) is 0 Å². The molecule has 1 aliphatic rings. The van der Waals surface area contributed by atoms with Gasteiger partial charge in [-0.25, -0.2) is 0 Å². The number of nitrogens with one attached hydrogen (secondary N) is 1. The Morgan fingerprint density at radius 2 is 1.75 bits per heavy atom. The lowest BCUT2D eigenvalue weighted by atomic mass is 9.78. The molecule has 4 nitrogen and oxygen atoms in total. The summed E-state index contributed by atoms with van der Waals surface area (Å²) in [7, 11) is 3.24. The fourth-order valence-electron chi connectivity index (χ4n) is 2.23. The summed E-state index contributed by atoms with van der Waals surface area (Å²) in [5, 5.41) is 3.15. The van der Waals surface area contributed by atoms with E-state index in [4.69, 9.17) is 14.0 Å². The lowest BCUT2D eigenvalue weighted by Gasteiger charge is -2.32. The van der Waals surface area contributed by atoms with Gasteiger partial charge in [-0.2, -0.15) is 0 Å². The van der Waals surface area contributed by atoms with Gasteiger partial charge in [-0.05, 0) is 50.9 Å². The first-order chi connectivity index (χ1) is 9.29. The highest BCUT2D eigenvalue weighted by Crippen LogP contribution is 2.36. The molecule has 0 unspecified atom stereocenters. The smallest absolute Gasteiger partial charge is 0.494 e. The largest absolute Gasteiger partial charge is 0.497 e. The fourth-order valence-corrected chi connectivity index (χ4v) is 2.23. The summed E-state index contributed by atoms with van der Waals surface area (Å²) in [5.41, 5.74) is 1.48. The number of methoxy groups -OCH3 is 1. The molecule has 0 spiro atoms. The number of hydrogen-bond donors (Lipinski definition) is 1. The summed E-state index contributed by atoms with van der Waals surface area (Å²) in [5.74, 6) is 0.822. The molecule has 2 rings (SSSR count). The third kappa shape index (κ3) is 2.87. The van der Waals surface area contributed by atoms with Crippen LogP contribution in [0, 0.1) is 0 Å². The van der Waals surface area contributed by atoms with Crippen molar-refractivity contribution in [1.82, 2.24) is 5.23 Å². The van der Waals surface area contributed by atoms with Crippen molar-refractivity contribution in [2.45, 2.75) is 45.4 Å². The average molecular weight is 275 g/mol. The Labute approximate surface area is 122 Å². The van der Waals surface area contributed by atoms with E-state index in [0.717, 1.165) is 23.3 Å². The van der Waals surface area contributed by atoms with Crippen LogP contribution in [0.1, 0.15) is 33.3 Å². The van der Waals surface area contributed by atoms with E-state index >= 15 is 0 Å². The van der Waals surface area contributed by atoms with E-state index in [2.05, 4.69) is 39.0 Å². The van der Waals surface area contributed by atoms with Crippen molar-refractivity contribution in [3.8, 4) is 5.75 Å². The van der Waals surface area contributed by atoms with Crippen LogP contribution < -0.4 is 15.4 Å². The molecule has 1 N–H and O–H groups in total. The average Bonchev–Trinajstić information content (AvgIpc) is 2.58. The van der Waals surface area contributed by atoms with Gasteiger partial charge in [0.25, 0.3) is 0 Å². The van der Waals surface area contributed by atoms with Crippen molar-refractivity contribution in [3.05, 3.63) is 23.8 Å². The highest BCUT2D eigenvalue weighted by Gasteiger charge is 2.51. The second-order valence-electron chi connectivity index (χ2n) is 6.23. The van der Waals surface area contributed by atoms with E-state index in [-0.39, 0.29) is 18.3 Å². The molecule has 0 saturated carbocycles. The minimum absolute atomic E-state index is 0.329. The van der Waals surface area contributed by atoms with E-state index in [0.29, 0.717) is 0 Å². The number of hydrogen-bond acceptors (Lipinski definition) is 4. The predicted octanol–water partition coefficient (Wildman–Crippen LogP) is 0.632. The Morgan fingerprint density at radius 3 is 2.25 bits per heavy atom. The third-order valence-corrected chi connectivity index (χ3v) is 4.13. The first-order valence-electron chi connectivity index (χ1n) is 6.97. The Balaban J connectivity index is 2.31.